The van der Waals surface area contributed by atoms with Crippen LogP contribution in [0.15, 0.2) is 36.5 Å². The number of aromatic nitrogens is 1. The molecule has 0 saturated carbocycles. The lowest BCUT2D eigenvalue weighted by atomic mass is 10.1. The minimum Gasteiger partial charge on any atom is -0.465 e. The van der Waals surface area contributed by atoms with Crippen LogP contribution in [0.25, 0.3) is 10.9 Å². The Morgan fingerprint density at radius 1 is 1.40 bits per heavy atom. The van der Waals surface area contributed by atoms with Crippen LogP contribution in [0.3, 0.4) is 0 Å². The number of nitrogens with zero attached hydrogens (tertiary/aromatic N) is 1. The second-order valence-corrected chi connectivity index (χ2v) is 3.12. The molecule has 1 aromatic heterocycles. The molecule has 15 heavy (non-hydrogen) atoms. The van der Waals surface area contributed by atoms with Gasteiger partial charge in [-0.05, 0) is 18.2 Å². The molecule has 0 amide bonds. The molecule has 1 aromatic carbocycles. The van der Waals surface area contributed by atoms with Gasteiger partial charge >= 0.3 is 5.97 Å². The van der Waals surface area contributed by atoms with Crippen molar-refractivity contribution in [3.63, 3.8) is 0 Å². The summed E-state index contributed by atoms with van der Waals surface area (Å²) in [4.78, 5) is 11.3. The molecule has 0 atom stereocenters. The van der Waals surface area contributed by atoms with Gasteiger partial charge in [0.15, 0.2) is 0 Å². The first kappa shape index (κ1) is 9.45. The van der Waals surface area contributed by atoms with Crippen LogP contribution in [0.1, 0.15) is 10.4 Å². The quantitative estimate of drug-likeness (QED) is 0.430. The standard InChI is InChI=1S/C11H10NO3/c1-15-11(13)9-4-5-10-8(7-9)3-2-6-12(10)14/h2-7,14H,1H3/q+1. The minimum absolute atomic E-state index is 0.384. The number of methoxy groups -OCH3 is 1. The summed E-state index contributed by atoms with van der Waals surface area (Å²) < 4.78 is 5.62. The Morgan fingerprint density at radius 3 is 2.93 bits per heavy atom. The molecule has 1 heterocycles. The lowest BCUT2D eigenvalue weighted by Gasteiger charge is -1.99. The molecule has 2 rings (SSSR count). The topological polar surface area (TPSA) is 50.4 Å². The summed E-state index contributed by atoms with van der Waals surface area (Å²) in [6.07, 6.45) is 1.53. The normalized spacial score (nSPS) is 10.2. The number of fused-ring (bicyclic) bond motifs is 1. The zero-order chi connectivity index (χ0) is 10.8. The number of carbonyl (C=O) groups excluding carboxylic acids is 1. The Morgan fingerprint density at radius 2 is 2.20 bits per heavy atom. The molecule has 4 nitrogen and oxygen atoms in total. The summed E-state index contributed by atoms with van der Waals surface area (Å²) >= 11 is 0. The van der Waals surface area contributed by atoms with Crippen LogP contribution in [0.5, 0.6) is 0 Å². The lowest BCUT2D eigenvalue weighted by molar-refractivity contribution is -0.884. The van der Waals surface area contributed by atoms with Crippen molar-refractivity contribution in [2.75, 3.05) is 7.11 Å². The van der Waals surface area contributed by atoms with E-state index in [2.05, 4.69) is 4.74 Å². The van der Waals surface area contributed by atoms with E-state index in [0.29, 0.717) is 11.1 Å². The number of rotatable bonds is 1. The van der Waals surface area contributed by atoms with Crippen LogP contribution in [0, 0.1) is 0 Å². The molecule has 0 bridgehead atoms. The van der Waals surface area contributed by atoms with E-state index in [4.69, 9.17) is 0 Å². The third-order valence-corrected chi connectivity index (χ3v) is 2.20. The maximum absolute atomic E-state index is 11.3. The molecule has 0 saturated heterocycles. The Labute approximate surface area is 86.3 Å². The molecule has 0 spiro atoms. The van der Waals surface area contributed by atoms with Crippen molar-refractivity contribution in [2.24, 2.45) is 0 Å². The van der Waals surface area contributed by atoms with Crippen molar-refractivity contribution in [3.8, 4) is 0 Å². The highest BCUT2D eigenvalue weighted by Crippen LogP contribution is 2.12. The van der Waals surface area contributed by atoms with Gasteiger partial charge < -0.3 is 4.74 Å². The molecule has 0 aliphatic rings. The number of benzene rings is 1. The third-order valence-electron chi connectivity index (χ3n) is 2.20. The number of hydrogen-bond acceptors (Lipinski definition) is 3. The first-order chi connectivity index (χ1) is 7.22. The van der Waals surface area contributed by atoms with E-state index < -0.39 is 0 Å². The largest absolute Gasteiger partial charge is 0.465 e. The number of ether oxygens (including phenoxy) is 1. The van der Waals surface area contributed by atoms with E-state index >= 15 is 0 Å². The van der Waals surface area contributed by atoms with Crippen molar-refractivity contribution in [2.45, 2.75) is 0 Å². The van der Waals surface area contributed by atoms with Crippen molar-refractivity contribution >= 4 is 16.9 Å². The van der Waals surface area contributed by atoms with Crippen molar-refractivity contribution < 1.29 is 19.5 Å². The predicted octanol–water partition coefficient (Wildman–Crippen LogP) is 1.15. The summed E-state index contributed by atoms with van der Waals surface area (Å²) in [5.41, 5.74) is 1.11. The van der Waals surface area contributed by atoms with Gasteiger partial charge in [0.05, 0.1) is 18.1 Å². The van der Waals surface area contributed by atoms with Crippen LogP contribution in [-0.4, -0.2) is 18.3 Å². The zero-order valence-corrected chi connectivity index (χ0v) is 8.18. The highest BCUT2D eigenvalue weighted by molar-refractivity contribution is 5.93. The molecule has 4 heteroatoms. The van der Waals surface area contributed by atoms with E-state index in [1.54, 1.807) is 24.3 Å². The Bertz CT molecular complexity index is 522. The summed E-state index contributed by atoms with van der Waals surface area (Å²) in [7, 11) is 1.34. The van der Waals surface area contributed by atoms with Crippen LogP contribution < -0.4 is 4.73 Å². The van der Waals surface area contributed by atoms with Gasteiger partial charge in [0, 0.05) is 16.9 Å². The highest BCUT2D eigenvalue weighted by atomic mass is 16.5. The van der Waals surface area contributed by atoms with Gasteiger partial charge in [-0.2, -0.15) is 0 Å². The Kier molecular flexibility index (Phi) is 2.25. The van der Waals surface area contributed by atoms with Gasteiger partial charge in [-0.3, -0.25) is 5.21 Å². The Balaban J connectivity index is 2.62. The molecule has 0 aliphatic heterocycles. The van der Waals surface area contributed by atoms with Gasteiger partial charge in [-0.1, -0.05) is 0 Å². The summed E-state index contributed by atoms with van der Waals surface area (Å²) in [5, 5.41) is 10.2. The third kappa shape index (κ3) is 1.61. The second-order valence-electron chi connectivity index (χ2n) is 3.12. The van der Waals surface area contributed by atoms with E-state index in [-0.39, 0.29) is 5.97 Å². The molecule has 76 valence electrons. The fourth-order valence-electron chi connectivity index (χ4n) is 1.45. The number of pyridine rings is 1. The fraction of sp³-hybridized carbons (Fsp3) is 0.0909. The first-order valence-corrected chi connectivity index (χ1v) is 4.44. The average Bonchev–Trinajstić information content (AvgIpc) is 2.28. The van der Waals surface area contributed by atoms with Crippen LogP contribution in [0.2, 0.25) is 0 Å². The van der Waals surface area contributed by atoms with E-state index in [9.17, 15) is 10.0 Å². The van der Waals surface area contributed by atoms with E-state index in [1.165, 1.54) is 13.3 Å². The molecule has 2 aromatic rings. The number of carbonyl (C=O) groups is 1. The predicted molar refractivity (Wildman–Crippen MR) is 52.7 cm³/mol. The van der Waals surface area contributed by atoms with Crippen LogP contribution >= 0.6 is 0 Å². The molecule has 0 radical (unpaired) electrons. The smallest absolute Gasteiger partial charge is 0.337 e. The summed E-state index contributed by atoms with van der Waals surface area (Å²) in [5.74, 6) is -0.384. The molecule has 0 aliphatic carbocycles. The van der Waals surface area contributed by atoms with Crippen LogP contribution in [0.4, 0.5) is 0 Å². The highest BCUT2D eigenvalue weighted by Gasteiger charge is 2.11. The molecule has 0 fully saturated rings. The number of hydrogen-bond donors (Lipinski definition) is 1. The summed E-state index contributed by atoms with van der Waals surface area (Å²) in [6, 6.07) is 8.47. The maximum Gasteiger partial charge on any atom is 0.337 e. The molecule has 1 N–H and O–H groups in total. The van der Waals surface area contributed by atoms with Crippen molar-refractivity contribution in [3.05, 3.63) is 42.1 Å². The number of esters is 1. The van der Waals surface area contributed by atoms with Crippen molar-refractivity contribution in [1.82, 2.24) is 0 Å². The average molecular weight is 204 g/mol. The van der Waals surface area contributed by atoms with Gasteiger partial charge in [0.2, 0.25) is 6.20 Å². The molecular formula is C11H10NO3+. The van der Waals surface area contributed by atoms with Gasteiger partial charge in [-0.15, -0.1) is 0 Å². The molecule has 0 unspecified atom stereocenters. The van der Waals surface area contributed by atoms with Gasteiger partial charge in [-0.25, -0.2) is 4.79 Å². The maximum atomic E-state index is 11.3. The van der Waals surface area contributed by atoms with Gasteiger partial charge in [0.1, 0.15) is 0 Å². The monoisotopic (exact) mass is 204 g/mol. The second kappa shape index (κ2) is 3.57. The van der Waals surface area contributed by atoms with E-state index in [0.717, 1.165) is 10.1 Å². The SMILES string of the molecule is COC(=O)c1ccc2c(ccc[n+]2O)c1. The van der Waals surface area contributed by atoms with Crippen molar-refractivity contribution in [1.29, 1.82) is 0 Å². The van der Waals surface area contributed by atoms with E-state index in [1.807, 2.05) is 6.07 Å². The molecular weight excluding hydrogens is 194 g/mol. The van der Waals surface area contributed by atoms with Crippen LogP contribution in [-0.2, 0) is 4.74 Å². The Hall–Kier alpha value is -2.10. The fourth-order valence-corrected chi connectivity index (χ4v) is 1.45. The van der Waals surface area contributed by atoms with Gasteiger partial charge in [0.25, 0.3) is 5.52 Å². The lowest BCUT2D eigenvalue weighted by Crippen LogP contribution is -2.29. The minimum atomic E-state index is -0.384. The zero-order valence-electron chi connectivity index (χ0n) is 8.18. The summed E-state index contributed by atoms with van der Waals surface area (Å²) in [6.45, 7) is 0. The first-order valence-electron chi connectivity index (χ1n) is 4.44.